The van der Waals surface area contributed by atoms with Crippen molar-refractivity contribution in [3.8, 4) is 5.75 Å². The third-order valence-electron chi connectivity index (χ3n) is 3.48. The smallest absolute Gasteiger partial charge is 0.340 e. The molecule has 0 aliphatic heterocycles. The summed E-state index contributed by atoms with van der Waals surface area (Å²) < 4.78 is 22.9. The summed E-state index contributed by atoms with van der Waals surface area (Å²) in [6.45, 7) is 1.34. The fourth-order valence-corrected chi connectivity index (χ4v) is 2.37. The van der Waals surface area contributed by atoms with Gasteiger partial charge in [-0.3, -0.25) is 4.79 Å². The van der Waals surface area contributed by atoms with Gasteiger partial charge in [-0.05, 0) is 42.8 Å². The highest BCUT2D eigenvalue weighted by atomic mass is 35.5. The highest BCUT2D eigenvalue weighted by Gasteiger charge is 2.16. The molecule has 0 radical (unpaired) electrons. The van der Waals surface area contributed by atoms with Crippen molar-refractivity contribution >= 4 is 23.5 Å². The van der Waals surface area contributed by atoms with Gasteiger partial charge in [0.05, 0.1) is 23.7 Å². The maximum absolute atomic E-state index is 13.0. The normalized spacial score (nSPS) is 11.5. The van der Waals surface area contributed by atoms with Crippen molar-refractivity contribution in [2.24, 2.45) is 0 Å². The predicted octanol–water partition coefficient (Wildman–Crippen LogP) is 3.52. The number of carbonyl (C=O) groups is 2. The Kier molecular flexibility index (Phi) is 6.36. The van der Waals surface area contributed by atoms with Crippen LogP contribution in [0.25, 0.3) is 0 Å². The number of hydrogen-bond acceptors (Lipinski definition) is 4. The highest BCUT2D eigenvalue weighted by molar-refractivity contribution is 6.33. The van der Waals surface area contributed by atoms with E-state index in [2.05, 4.69) is 5.32 Å². The number of hydrogen-bond donors (Lipinski definition) is 1. The van der Waals surface area contributed by atoms with E-state index in [4.69, 9.17) is 21.1 Å². The van der Waals surface area contributed by atoms with Gasteiger partial charge >= 0.3 is 5.97 Å². The maximum Gasteiger partial charge on any atom is 0.340 e. The van der Waals surface area contributed by atoms with Gasteiger partial charge in [-0.25, -0.2) is 9.18 Å². The van der Waals surface area contributed by atoms with Gasteiger partial charge in [0.25, 0.3) is 5.91 Å². The second kappa shape index (κ2) is 8.48. The number of esters is 1. The minimum absolute atomic E-state index is 0.000862. The Morgan fingerprint density at radius 2 is 1.88 bits per heavy atom. The second-order valence-corrected chi connectivity index (χ2v) is 5.67. The molecule has 0 fully saturated rings. The molecule has 1 N–H and O–H groups in total. The summed E-state index contributed by atoms with van der Waals surface area (Å²) in [5.74, 6) is -1.10. The van der Waals surface area contributed by atoms with Crippen molar-refractivity contribution in [2.75, 3.05) is 13.7 Å². The first kappa shape index (κ1) is 18.7. The molecule has 132 valence electrons. The Labute approximate surface area is 149 Å². The molecule has 1 unspecified atom stereocenters. The first-order valence-electron chi connectivity index (χ1n) is 7.46. The molecule has 1 atom stereocenters. The molecule has 25 heavy (non-hydrogen) atoms. The van der Waals surface area contributed by atoms with Gasteiger partial charge in [0.1, 0.15) is 11.6 Å². The van der Waals surface area contributed by atoms with Gasteiger partial charge in [-0.2, -0.15) is 0 Å². The average molecular weight is 366 g/mol. The van der Waals surface area contributed by atoms with Crippen LogP contribution in [-0.2, 0) is 9.53 Å². The van der Waals surface area contributed by atoms with E-state index >= 15 is 0 Å². The number of benzene rings is 2. The average Bonchev–Trinajstić information content (AvgIpc) is 2.59. The third kappa shape index (κ3) is 5.19. The Morgan fingerprint density at radius 1 is 1.20 bits per heavy atom. The van der Waals surface area contributed by atoms with Crippen LogP contribution in [0.1, 0.15) is 28.9 Å². The molecule has 7 heteroatoms. The monoisotopic (exact) mass is 365 g/mol. The predicted molar refractivity (Wildman–Crippen MR) is 91.2 cm³/mol. The van der Waals surface area contributed by atoms with Crippen molar-refractivity contribution in [1.82, 2.24) is 5.32 Å². The summed E-state index contributed by atoms with van der Waals surface area (Å²) >= 11 is 5.78. The molecule has 0 spiro atoms. The van der Waals surface area contributed by atoms with Crippen LogP contribution in [0.4, 0.5) is 4.39 Å². The molecule has 0 aliphatic carbocycles. The van der Waals surface area contributed by atoms with E-state index in [1.807, 2.05) is 12.1 Å². The Morgan fingerprint density at radius 3 is 2.48 bits per heavy atom. The van der Waals surface area contributed by atoms with Crippen LogP contribution in [0.5, 0.6) is 5.75 Å². The van der Waals surface area contributed by atoms with Crippen LogP contribution in [0.2, 0.25) is 5.02 Å². The summed E-state index contributed by atoms with van der Waals surface area (Å²) in [6, 6.07) is 10.3. The lowest BCUT2D eigenvalue weighted by molar-refractivity contribution is -0.124. The largest absolute Gasteiger partial charge is 0.497 e. The first-order chi connectivity index (χ1) is 11.9. The van der Waals surface area contributed by atoms with Gasteiger partial charge in [0.15, 0.2) is 6.61 Å². The van der Waals surface area contributed by atoms with Gasteiger partial charge in [-0.1, -0.05) is 23.7 Å². The molecule has 0 bridgehead atoms. The molecular weight excluding hydrogens is 349 g/mol. The molecule has 0 saturated heterocycles. The standard InChI is InChI=1S/C18H17ClFNO4/c1-11(12-3-6-14(24-2)7-4-12)21-17(22)10-25-18(23)15-8-5-13(20)9-16(15)19/h3-9,11H,10H2,1-2H3,(H,21,22). The fraction of sp³-hybridized carbons (Fsp3) is 0.222. The summed E-state index contributed by atoms with van der Waals surface area (Å²) in [6.07, 6.45) is 0. The topological polar surface area (TPSA) is 64.6 Å². The molecule has 2 aromatic rings. The van der Waals surface area contributed by atoms with E-state index in [9.17, 15) is 14.0 Å². The number of ether oxygens (including phenoxy) is 2. The zero-order valence-corrected chi connectivity index (χ0v) is 14.5. The van der Waals surface area contributed by atoms with E-state index in [0.717, 1.165) is 17.7 Å². The van der Waals surface area contributed by atoms with Crippen molar-refractivity contribution in [3.63, 3.8) is 0 Å². The first-order valence-corrected chi connectivity index (χ1v) is 7.84. The third-order valence-corrected chi connectivity index (χ3v) is 3.79. The molecule has 2 rings (SSSR count). The van der Waals surface area contributed by atoms with E-state index in [-0.39, 0.29) is 16.6 Å². The fourth-order valence-electron chi connectivity index (χ4n) is 2.12. The molecule has 5 nitrogen and oxygen atoms in total. The van der Waals surface area contributed by atoms with Crippen LogP contribution in [0.3, 0.4) is 0 Å². The SMILES string of the molecule is COc1ccc(C(C)NC(=O)COC(=O)c2ccc(F)cc2Cl)cc1. The number of rotatable bonds is 6. The number of carbonyl (C=O) groups excluding carboxylic acids is 2. The van der Waals surface area contributed by atoms with E-state index < -0.39 is 24.3 Å². The zero-order chi connectivity index (χ0) is 18.4. The van der Waals surface area contributed by atoms with Gasteiger partial charge < -0.3 is 14.8 Å². The summed E-state index contributed by atoms with van der Waals surface area (Å²) in [5.41, 5.74) is 0.876. The lowest BCUT2D eigenvalue weighted by Crippen LogP contribution is -2.31. The van der Waals surface area contributed by atoms with Crippen molar-refractivity contribution in [3.05, 3.63) is 64.4 Å². The summed E-state index contributed by atoms with van der Waals surface area (Å²) in [5, 5.41) is 2.64. The lowest BCUT2D eigenvalue weighted by Gasteiger charge is -2.15. The lowest BCUT2D eigenvalue weighted by atomic mass is 10.1. The summed E-state index contributed by atoms with van der Waals surface area (Å²) in [7, 11) is 1.57. The number of amides is 1. The molecule has 0 aromatic heterocycles. The van der Waals surface area contributed by atoms with Crippen LogP contribution in [0.15, 0.2) is 42.5 Å². The zero-order valence-electron chi connectivity index (χ0n) is 13.7. The Hall–Kier alpha value is -2.60. The number of methoxy groups -OCH3 is 1. The minimum atomic E-state index is -0.794. The summed E-state index contributed by atoms with van der Waals surface area (Å²) in [4.78, 5) is 23.8. The molecule has 1 amide bonds. The van der Waals surface area contributed by atoms with Gasteiger partial charge in [0.2, 0.25) is 0 Å². The van der Waals surface area contributed by atoms with E-state index in [1.165, 1.54) is 6.07 Å². The van der Waals surface area contributed by atoms with Crippen molar-refractivity contribution < 1.29 is 23.5 Å². The Balaban J connectivity index is 1.87. The van der Waals surface area contributed by atoms with Crippen LogP contribution in [-0.4, -0.2) is 25.6 Å². The van der Waals surface area contributed by atoms with Crippen LogP contribution >= 0.6 is 11.6 Å². The molecule has 0 heterocycles. The molecule has 0 aliphatic rings. The minimum Gasteiger partial charge on any atom is -0.497 e. The quantitative estimate of drug-likeness (QED) is 0.795. The highest BCUT2D eigenvalue weighted by Crippen LogP contribution is 2.19. The molecule has 2 aromatic carbocycles. The second-order valence-electron chi connectivity index (χ2n) is 5.26. The van der Waals surface area contributed by atoms with Gasteiger partial charge in [0, 0.05) is 0 Å². The van der Waals surface area contributed by atoms with Crippen molar-refractivity contribution in [2.45, 2.75) is 13.0 Å². The molecular formula is C18H17ClFNO4. The van der Waals surface area contributed by atoms with Gasteiger partial charge in [-0.15, -0.1) is 0 Å². The number of halogens is 2. The van der Waals surface area contributed by atoms with Crippen LogP contribution in [0, 0.1) is 5.82 Å². The van der Waals surface area contributed by atoms with E-state index in [1.54, 1.807) is 26.2 Å². The van der Waals surface area contributed by atoms with Crippen molar-refractivity contribution in [1.29, 1.82) is 0 Å². The van der Waals surface area contributed by atoms with E-state index in [0.29, 0.717) is 5.75 Å². The molecule has 0 saturated carbocycles. The maximum atomic E-state index is 13.0. The Bertz CT molecular complexity index is 764. The van der Waals surface area contributed by atoms with Crippen LogP contribution < -0.4 is 10.1 Å². The number of nitrogens with one attached hydrogen (secondary N) is 1.